The zero-order valence-corrected chi connectivity index (χ0v) is 22.5. The minimum atomic E-state index is -0.474. The molecule has 1 heterocycles. The predicted octanol–water partition coefficient (Wildman–Crippen LogP) is 7.71. The van der Waals surface area contributed by atoms with Crippen molar-refractivity contribution in [3.8, 4) is 0 Å². The second-order valence-electron chi connectivity index (χ2n) is 12.9. The first kappa shape index (κ1) is 26.8. The molecule has 0 amide bonds. The molecular weight excluding hydrogens is 390 g/mol. The van der Waals surface area contributed by atoms with Crippen LogP contribution in [0.2, 0.25) is 0 Å². The molecule has 1 aromatic rings. The second kappa shape index (κ2) is 9.84. The lowest BCUT2D eigenvalue weighted by Crippen LogP contribution is -2.58. The van der Waals surface area contributed by atoms with Gasteiger partial charge in [-0.15, -0.1) is 6.58 Å². The van der Waals surface area contributed by atoms with E-state index in [0.717, 1.165) is 38.5 Å². The average Bonchev–Trinajstić information content (AvgIpc) is 2.61. The largest absolute Gasteiger partial charge is 0.307 e. The fraction of sp³-hybridized carbons (Fsp3) is 0.700. The van der Waals surface area contributed by atoms with E-state index in [1.807, 2.05) is 6.08 Å². The lowest BCUT2D eigenvalue weighted by atomic mass is 9.68. The molecule has 1 fully saturated rings. The molecule has 2 rings (SSSR count). The third-order valence-electron chi connectivity index (χ3n) is 7.19. The van der Waals surface area contributed by atoms with Crippen molar-refractivity contribution in [1.29, 1.82) is 0 Å². The highest BCUT2D eigenvalue weighted by Gasteiger charge is 2.41. The summed E-state index contributed by atoms with van der Waals surface area (Å²) in [6.07, 6.45) is 8.53. The normalized spacial score (nSPS) is 20.5. The van der Waals surface area contributed by atoms with Crippen LogP contribution in [0.1, 0.15) is 111 Å². The molecule has 0 spiro atoms. The van der Waals surface area contributed by atoms with Gasteiger partial charge in [0.2, 0.25) is 0 Å². The van der Waals surface area contributed by atoms with Crippen LogP contribution in [0.15, 0.2) is 30.9 Å². The van der Waals surface area contributed by atoms with Gasteiger partial charge in [0.1, 0.15) is 5.78 Å². The van der Waals surface area contributed by atoms with E-state index in [0.29, 0.717) is 18.1 Å². The number of unbranched alkanes of at least 4 members (excludes halogenated alkanes) is 1. The summed E-state index contributed by atoms with van der Waals surface area (Å²) in [6, 6.07) is 6.87. The van der Waals surface area contributed by atoms with Gasteiger partial charge in [-0.1, -0.05) is 70.4 Å². The van der Waals surface area contributed by atoms with Gasteiger partial charge in [0.05, 0.1) is 5.41 Å². The summed E-state index contributed by atoms with van der Waals surface area (Å²) in [7, 11) is 0. The molecule has 1 aliphatic heterocycles. The van der Waals surface area contributed by atoms with Crippen LogP contribution in [-0.4, -0.2) is 16.9 Å². The molecule has 0 saturated carbocycles. The number of Topliss-reactive ketones (excluding diaryl/α,β-unsaturated/α-hetero) is 1. The minimum absolute atomic E-state index is 0.0606. The number of rotatable bonds is 9. The number of carbonyl (C=O) groups is 1. The highest BCUT2D eigenvalue weighted by Crippen LogP contribution is 2.40. The van der Waals surface area contributed by atoms with Crippen molar-refractivity contribution < 1.29 is 4.79 Å². The third-order valence-corrected chi connectivity index (χ3v) is 7.19. The van der Waals surface area contributed by atoms with Gasteiger partial charge in [0, 0.05) is 17.5 Å². The molecule has 1 atom stereocenters. The maximum absolute atomic E-state index is 14.0. The molecule has 180 valence electrons. The Bertz CT molecular complexity index is 795. The van der Waals surface area contributed by atoms with Crippen molar-refractivity contribution in [3.05, 3.63) is 47.5 Å². The van der Waals surface area contributed by atoms with E-state index in [9.17, 15) is 4.79 Å². The maximum atomic E-state index is 14.0. The SMILES string of the molecule is C=CC(CCCC)(Cc1cc(C)cc(C(C)(C)C)c1)C(=O)CC1CC(C)(C)NC(C)(C)C1. The van der Waals surface area contributed by atoms with Crippen LogP contribution in [0.5, 0.6) is 0 Å². The van der Waals surface area contributed by atoms with E-state index in [4.69, 9.17) is 0 Å². The first-order valence-corrected chi connectivity index (χ1v) is 12.7. The van der Waals surface area contributed by atoms with Crippen molar-refractivity contribution in [1.82, 2.24) is 5.32 Å². The van der Waals surface area contributed by atoms with E-state index >= 15 is 0 Å². The Morgan fingerprint density at radius 3 is 2.22 bits per heavy atom. The number of ketones is 1. The summed E-state index contributed by atoms with van der Waals surface area (Å²) in [5, 5.41) is 3.76. The van der Waals surface area contributed by atoms with Crippen LogP contribution in [0, 0.1) is 18.3 Å². The van der Waals surface area contributed by atoms with Crippen molar-refractivity contribution in [3.63, 3.8) is 0 Å². The lowest BCUT2D eigenvalue weighted by molar-refractivity contribution is -0.128. The highest BCUT2D eigenvalue weighted by atomic mass is 16.1. The van der Waals surface area contributed by atoms with E-state index in [2.05, 4.69) is 92.4 Å². The zero-order chi connectivity index (χ0) is 24.4. The smallest absolute Gasteiger partial charge is 0.143 e. The standard InChI is InChI=1S/C30H49NO/c1-11-13-14-30(12-2,21-23-15-22(3)16-25(17-23)27(4,5)6)26(32)18-24-19-28(7,8)31-29(9,10)20-24/h12,15-17,24,31H,2,11,13-14,18-21H2,1,3-10H3. The van der Waals surface area contributed by atoms with Gasteiger partial charge >= 0.3 is 0 Å². The summed E-state index contributed by atoms with van der Waals surface area (Å²) in [5.74, 6) is 0.801. The zero-order valence-electron chi connectivity index (χ0n) is 22.5. The highest BCUT2D eigenvalue weighted by molar-refractivity contribution is 5.87. The van der Waals surface area contributed by atoms with E-state index < -0.39 is 5.41 Å². The number of carbonyl (C=O) groups excluding carboxylic acids is 1. The van der Waals surface area contributed by atoms with Crippen LogP contribution >= 0.6 is 0 Å². The summed E-state index contributed by atoms with van der Waals surface area (Å²) in [4.78, 5) is 14.0. The quantitative estimate of drug-likeness (QED) is 0.399. The van der Waals surface area contributed by atoms with E-state index in [1.54, 1.807) is 0 Å². The average molecular weight is 440 g/mol. The molecule has 32 heavy (non-hydrogen) atoms. The Hall–Kier alpha value is -1.41. The van der Waals surface area contributed by atoms with Gasteiger partial charge in [0.15, 0.2) is 0 Å². The second-order valence-corrected chi connectivity index (χ2v) is 12.9. The fourth-order valence-electron chi connectivity index (χ4n) is 6.01. The minimum Gasteiger partial charge on any atom is -0.307 e. The van der Waals surface area contributed by atoms with Gasteiger partial charge in [-0.25, -0.2) is 0 Å². The fourth-order valence-corrected chi connectivity index (χ4v) is 6.01. The Morgan fingerprint density at radius 1 is 1.12 bits per heavy atom. The Kier molecular flexibility index (Phi) is 8.25. The molecule has 0 bridgehead atoms. The Balaban J connectivity index is 2.35. The lowest BCUT2D eigenvalue weighted by Gasteiger charge is -2.47. The molecule has 2 nitrogen and oxygen atoms in total. The summed E-state index contributed by atoms with van der Waals surface area (Å²) in [6.45, 7) is 24.4. The van der Waals surface area contributed by atoms with Crippen LogP contribution in [0.3, 0.4) is 0 Å². The number of allylic oxidation sites excluding steroid dienone is 1. The van der Waals surface area contributed by atoms with E-state index in [-0.39, 0.29) is 16.5 Å². The monoisotopic (exact) mass is 439 g/mol. The molecule has 0 aliphatic carbocycles. The van der Waals surface area contributed by atoms with Crippen molar-refractivity contribution >= 4 is 5.78 Å². The van der Waals surface area contributed by atoms with E-state index in [1.165, 1.54) is 16.7 Å². The molecule has 1 aliphatic rings. The van der Waals surface area contributed by atoms with Gasteiger partial charge in [-0.3, -0.25) is 4.79 Å². The number of hydrogen-bond acceptors (Lipinski definition) is 2. The van der Waals surface area contributed by atoms with Crippen molar-refractivity contribution in [2.45, 2.75) is 124 Å². The molecule has 1 unspecified atom stereocenters. The van der Waals surface area contributed by atoms with Crippen LogP contribution in [0.4, 0.5) is 0 Å². The van der Waals surface area contributed by atoms with Gasteiger partial charge in [0.25, 0.3) is 0 Å². The molecule has 0 aromatic heterocycles. The third kappa shape index (κ3) is 7.04. The first-order chi connectivity index (χ1) is 14.6. The van der Waals surface area contributed by atoms with Gasteiger partial charge < -0.3 is 5.32 Å². The van der Waals surface area contributed by atoms with Crippen molar-refractivity contribution in [2.24, 2.45) is 11.3 Å². The van der Waals surface area contributed by atoms with Crippen LogP contribution < -0.4 is 5.32 Å². The summed E-state index contributed by atoms with van der Waals surface area (Å²) < 4.78 is 0. The Labute approximate surface area is 198 Å². The number of piperidine rings is 1. The molecule has 2 heteroatoms. The van der Waals surface area contributed by atoms with Crippen LogP contribution in [0.25, 0.3) is 0 Å². The number of benzene rings is 1. The van der Waals surface area contributed by atoms with Gasteiger partial charge in [-0.05, 0) is 82.8 Å². The molecule has 0 radical (unpaired) electrons. The van der Waals surface area contributed by atoms with Crippen LogP contribution in [-0.2, 0) is 16.6 Å². The Morgan fingerprint density at radius 2 is 1.72 bits per heavy atom. The molecule has 1 N–H and O–H groups in total. The first-order valence-electron chi connectivity index (χ1n) is 12.7. The predicted molar refractivity (Wildman–Crippen MR) is 139 cm³/mol. The number of nitrogens with one attached hydrogen (secondary N) is 1. The van der Waals surface area contributed by atoms with Crippen molar-refractivity contribution in [2.75, 3.05) is 0 Å². The number of aryl methyl sites for hydroxylation is 1. The summed E-state index contributed by atoms with van der Waals surface area (Å²) in [5.41, 5.74) is 3.63. The number of hydrogen-bond donors (Lipinski definition) is 1. The molecule has 1 saturated heterocycles. The van der Waals surface area contributed by atoms with Gasteiger partial charge in [-0.2, -0.15) is 0 Å². The summed E-state index contributed by atoms with van der Waals surface area (Å²) >= 11 is 0. The maximum Gasteiger partial charge on any atom is 0.143 e. The topological polar surface area (TPSA) is 29.1 Å². The molecular formula is C30H49NO. The molecule has 1 aromatic carbocycles.